The molecule has 15 heavy (non-hydrogen) atoms. The van der Waals surface area contributed by atoms with Crippen LogP contribution in [-0.4, -0.2) is 0 Å². The van der Waals surface area contributed by atoms with Gasteiger partial charge in [-0.1, -0.05) is 45.2 Å². The van der Waals surface area contributed by atoms with E-state index in [1.165, 1.54) is 12.8 Å². The highest BCUT2D eigenvalue weighted by molar-refractivity contribution is 5.24. The van der Waals surface area contributed by atoms with Gasteiger partial charge in [0, 0.05) is 0 Å². The highest BCUT2D eigenvalue weighted by Gasteiger charge is 2.02. The van der Waals surface area contributed by atoms with Gasteiger partial charge in [-0.15, -0.1) is 0 Å². The van der Waals surface area contributed by atoms with Crippen LogP contribution < -0.4 is 0 Å². The van der Waals surface area contributed by atoms with Crippen molar-refractivity contribution in [2.24, 2.45) is 0 Å². The third kappa shape index (κ3) is 4.03. The van der Waals surface area contributed by atoms with Gasteiger partial charge in [-0.05, 0) is 36.5 Å². The zero-order valence-electron chi connectivity index (χ0n) is 9.85. The zero-order valence-corrected chi connectivity index (χ0v) is 9.85. The molecule has 0 amide bonds. The lowest BCUT2D eigenvalue weighted by molar-refractivity contribution is 0.596. The van der Waals surface area contributed by atoms with E-state index in [9.17, 15) is 4.39 Å². The predicted molar refractivity (Wildman–Crippen MR) is 63.6 cm³/mol. The molecule has 0 radical (unpaired) electrons. The van der Waals surface area contributed by atoms with E-state index in [1.54, 1.807) is 6.07 Å². The van der Waals surface area contributed by atoms with Gasteiger partial charge in [0.1, 0.15) is 5.82 Å². The Labute approximate surface area is 92.5 Å². The number of hydrogen-bond acceptors (Lipinski definition) is 0. The average Bonchev–Trinajstić information content (AvgIpc) is 2.22. The van der Waals surface area contributed by atoms with E-state index >= 15 is 0 Å². The number of rotatable bonds is 6. The third-order valence-corrected chi connectivity index (χ3v) is 2.71. The number of benzene rings is 1. The Morgan fingerprint density at radius 1 is 1.00 bits per heavy atom. The van der Waals surface area contributed by atoms with Crippen molar-refractivity contribution in [1.29, 1.82) is 0 Å². The average molecular weight is 208 g/mol. The van der Waals surface area contributed by atoms with Gasteiger partial charge in [0.05, 0.1) is 0 Å². The van der Waals surface area contributed by atoms with Crippen LogP contribution >= 0.6 is 0 Å². The Kier molecular flexibility index (Phi) is 5.38. The van der Waals surface area contributed by atoms with Crippen molar-refractivity contribution in [1.82, 2.24) is 0 Å². The topological polar surface area (TPSA) is 0 Å². The molecule has 0 aliphatic heterocycles. The van der Waals surface area contributed by atoms with Gasteiger partial charge in [-0.3, -0.25) is 0 Å². The summed E-state index contributed by atoms with van der Waals surface area (Å²) in [5.74, 6) is -0.0166. The van der Waals surface area contributed by atoms with Crippen LogP contribution in [0.1, 0.15) is 50.7 Å². The molecule has 84 valence electrons. The summed E-state index contributed by atoms with van der Waals surface area (Å²) in [5, 5.41) is 0. The molecule has 0 saturated carbocycles. The van der Waals surface area contributed by atoms with Crippen LogP contribution in [0.2, 0.25) is 0 Å². The molecule has 0 saturated heterocycles. The molecule has 0 aliphatic rings. The van der Waals surface area contributed by atoms with Gasteiger partial charge in [0.25, 0.3) is 0 Å². The summed E-state index contributed by atoms with van der Waals surface area (Å²) in [6.07, 6.45) is 6.42. The first kappa shape index (κ1) is 12.2. The minimum absolute atomic E-state index is 0.0166. The van der Waals surface area contributed by atoms with Crippen molar-refractivity contribution >= 4 is 0 Å². The van der Waals surface area contributed by atoms with E-state index < -0.39 is 0 Å². The van der Waals surface area contributed by atoms with Crippen LogP contribution in [0, 0.1) is 5.82 Å². The molecule has 0 bridgehead atoms. The lowest BCUT2D eigenvalue weighted by atomic mass is 10.0. The second kappa shape index (κ2) is 6.60. The molecule has 0 N–H and O–H groups in total. The summed E-state index contributed by atoms with van der Waals surface area (Å²) < 4.78 is 13.6. The molecule has 0 heterocycles. The van der Waals surface area contributed by atoms with E-state index in [0.717, 1.165) is 36.8 Å². The minimum atomic E-state index is -0.0166. The van der Waals surface area contributed by atoms with Crippen molar-refractivity contribution in [2.45, 2.75) is 52.4 Å². The van der Waals surface area contributed by atoms with Crippen molar-refractivity contribution < 1.29 is 4.39 Å². The normalized spacial score (nSPS) is 10.6. The summed E-state index contributed by atoms with van der Waals surface area (Å²) in [6, 6.07) is 5.72. The van der Waals surface area contributed by atoms with Crippen LogP contribution in [0.15, 0.2) is 18.2 Å². The highest BCUT2D eigenvalue weighted by Crippen LogP contribution is 2.14. The molecule has 0 aliphatic carbocycles. The summed E-state index contributed by atoms with van der Waals surface area (Å²) in [4.78, 5) is 0. The molecule has 1 aromatic carbocycles. The summed E-state index contributed by atoms with van der Waals surface area (Å²) in [5.41, 5.74) is 2.00. The van der Waals surface area contributed by atoms with Gasteiger partial charge in [-0.25, -0.2) is 4.39 Å². The Balaban J connectivity index is 2.58. The lowest BCUT2D eigenvalue weighted by Gasteiger charge is -2.05. The fourth-order valence-corrected chi connectivity index (χ4v) is 1.80. The number of aryl methyl sites for hydroxylation is 2. The van der Waals surface area contributed by atoms with E-state index in [2.05, 4.69) is 19.9 Å². The van der Waals surface area contributed by atoms with Gasteiger partial charge < -0.3 is 0 Å². The SMILES string of the molecule is CCCCCc1ccc(CCC)cc1F. The fourth-order valence-electron chi connectivity index (χ4n) is 1.80. The maximum absolute atomic E-state index is 13.6. The number of halogens is 1. The molecule has 0 fully saturated rings. The molecule has 1 aromatic rings. The monoisotopic (exact) mass is 208 g/mol. The first-order valence-electron chi connectivity index (χ1n) is 6.05. The maximum Gasteiger partial charge on any atom is 0.126 e. The molecule has 1 rings (SSSR count). The van der Waals surface area contributed by atoms with E-state index in [-0.39, 0.29) is 5.82 Å². The Morgan fingerprint density at radius 2 is 1.80 bits per heavy atom. The third-order valence-electron chi connectivity index (χ3n) is 2.71. The Morgan fingerprint density at radius 3 is 2.40 bits per heavy atom. The predicted octanol–water partition coefficient (Wildman–Crippen LogP) is 4.51. The van der Waals surface area contributed by atoms with Gasteiger partial charge in [0.2, 0.25) is 0 Å². The standard InChI is InChI=1S/C14H21F/c1-3-5-6-8-13-10-9-12(7-4-2)11-14(13)15/h9-11H,3-8H2,1-2H3. The van der Waals surface area contributed by atoms with Crippen LogP contribution in [0.25, 0.3) is 0 Å². The van der Waals surface area contributed by atoms with Gasteiger partial charge in [0.15, 0.2) is 0 Å². The Bertz CT molecular complexity index is 291. The Hall–Kier alpha value is -0.850. The van der Waals surface area contributed by atoms with Crippen LogP contribution in [0.5, 0.6) is 0 Å². The highest BCUT2D eigenvalue weighted by atomic mass is 19.1. The molecular formula is C14H21F. The zero-order chi connectivity index (χ0) is 11.1. The molecule has 0 nitrogen and oxygen atoms in total. The van der Waals surface area contributed by atoms with Crippen molar-refractivity contribution in [2.75, 3.05) is 0 Å². The second-order valence-corrected chi connectivity index (χ2v) is 4.13. The summed E-state index contributed by atoms with van der Waals surface area (Å²) in [7, 11) is 0. The maximum atomic E-state index is 13.6. The van der Waals surface area contributed by atoms with Crippen molar-refractivity contribution in [3.63, 3.8) is 0 Å². The van der Waals surface area contributed by atoms with Crippen molar-refractivity contribution in [3.8, 4) is 0 Å². The number of hydrogen-bond donors (Lipinski definition) is 0. The molecule has 0 unspecified atom stereocenters. The minimum Gasteiger partial charge on any atom is -0.207 e. The van der Waals surface area contributed by atoms with Gasteiger partial charge in [-0.2, -0.15) is 0 Å². The van der Waals surface area contributed by atoms with Gasteiger partial charge >= 0.3 is 0 Å². The molecule has 0 aromatic heterocycles. The van der Waals surface area contributed by atoms with E-state index in [0.29, 0.717) is 0 Å². The molecule has 0 atom stereocenters. The molecule has 1 heteroatoms. The molecular weight excluding hydrogens is 187 g/mol. The van der Waals surface area contributed by atoms with Crippen LogP contribution in [0.3, 0.4) is 0 Å². The first-order valence-corrected chi connectivity index (χ1v) is 6.05. The molecule has 0 spiro atoms. The number of unbranched alkanes of at least 4 members (excludes halogenated alkanes) is 2. The largest absolute Gasteiger partial charge is 0.207 e. The lowest BCUT2D eigenvalue weighted by Crippen LogP contribution is -1.93. The van der Waals surface area contributed by atoms with Crippen LogP contribution in [-0.2, 0) is 12.8 Å². The fraction of sp³-hybridized carbons (Fsp3) is 0.571. The van der Waals surface area contributed by atoms with E-state index in [4.69, 9.17) is 0 Å². The second-order valence-electron chi connectivity index (χ2n) is 4.13. The van der Waals surface area contributed by atoms with E-state index in [1.807, 2.05) is 6.07 Å². The summed E-state index contributed by atoms with van der Waals surface area (Å²) >= 11 is 0. The quantitative estimate of drug-likeness (QED) is 0.603. The van der Waals surface area contributed by atoms with Crippen molar-refractivity contribution in [3.05, 3.63) is 35.1 Å². The first-order chi connectivity index (χ1) is 7.27. The van der Waals surface area contributed by atoms with Crippen LogP contribution in [0.4, 0.5) is 4.39 Å². The summed E-state index contributed by atoms with van der Waals surface area (Å²) in [6.45, 7) is 4.29. The smallest absolute Gasteiger partial charge is 0.126 e.